The Morgan fingerprint density at radius 1 is 1.22 bits per heavy atom. The average Bonchev–Trinajstić information content (AvgIpc) is 2.96. The summed E-state index contributed by atoms with van der Waals surface area (Å²) in [7, 11) is 2.07. The van der Waals surface area contributed by atoms with Gasteiger partial charge in [-0.3, -0.25) is 4.79 Å². The highest BCUT2D eigenvalue weighted by Crippen LogP contribution is 2.29. The second-order valence-electron chi connectivity index (χ2n) is 6.11. The van der Waals surface area contributed by atoms with Crippen LogP contribution in [0.4, 0.5) is 5.69 Å². The molecular weight excluding hydrogens is 333 g/mol. The quantitative estimate of drug-likeness (QED) is 0.816. The van der Waals surface area contributed by atoms with Crippen molar-refractivity contribution < 1.29 is 4.79 Å². The third kappa shape index (κ3) is 5.55. The third-order valence-corrected chi connectivity index (χ3v) is 4.46. The van der Waals surface area contributed by atoms with E-state index in [9.17, 15) is 4.79 Å². The summed E-state index contributed by atoms with van der Waals surface area (Å²) in [4.78, 5) is 14.6. The number of hydrogen-bond donors (Lipinski definition) is 2. The van der Waals surface area contributed by atoms with Gasteiger partial charge in [-0.2, -0.15) is 0 Å². The molecule has 0 atom stereocenters. The maximum absolute atomic E-state index is 12.4. The molecule has 1 aliphatic rings. The largest absolute Gasteiger partial charge is 0.375 e. The van der Waals surface area contributed by atoms with Gasteiger partial charge in [0.1, 0.15) is 0 Å². The number of benzene rings is 1. The first-order valence-electron chi connectivity index (χ1n) is 7.94. The summed E-state index contributed by atoms with van der Waals surface area (Å²) in [6.07, 6.45) is 5.40. The SMILES string of the molecule is CCCN(C)c1ccc(C(=O)NC2(CN)CCCC2)cc1.Cl.Cl. The summed E-state index contributed by atoms with van der Waals surface area (Å²) >= 11 is 0. The van der Waals surface area contributed by atoms with Crippen molar-refractivity contribution in [3.8, 4) is 0 Å². The van der Waals surface area contributed by atoms with E-state index in [1.807, 2.05) is 24.3 Å². The number of amides is 1. The summed E-state index contributed by atoms with van der Waals surface area (Å²) in [6.45, 7) is 3.70. The lowest BCUT2D eigenvalue weighted by atomic mass is 9.97. The Hall–Kier alpha value is -0.970. The van der Waals surface area contributed by atoms with E-state index in [1.165, 1.54) is 0 Å². The molecule has 1 saturated carbocycles. The lowest BCUT2D eigenvalue weighted by Gasteiger charge is -2.28. The Balaban J connectivity index is 0.00000242. The van der Waals surface area contributed by atoms with E-state index in [0.717, 1.165) is 44.3 Å². The van der Waals surface area contributed by atoms with E-state index in [-0.39, 0.29) is 36.3 Å². The maximum Gasteiger partial charge on any atom is 0.251 e. The van der Waals surface area contributed by atoms with Gasteiger partial charge in [-0.25, -0.2) is 0 Å². The molecule has 1 aromatic carbocycles. The van der Waals surface area contributed by atoms with Crippen LogP contribution in [0.5, 0.6) is 0 Å². The zero-order valence-corrected chi connectivity index (χ0v) is 15.6. The van der Waals surface area contributed by atoms with Crippen LogP contribution in [0.1, 0.15) is 49.4 Å². The number of anilines is 1. The van der Waals surface area contributed by atoms with E-state index < -0.39 is 0 Å². The minimum absolute atomic E-state index is 0. The van der Waals surface area contributed by atoms with Crippen molar-refractivity contribution in [2.75, 3.05) is 25.0 Å². The topological polar surface area (TPSA) is 58.4 Å². The van der Waals surface area contributed by atoms with Crippen LogP contribution in [0, 0.1) is 0 Å². The molecule has 0 aromatic heterocycles. The van der Waals surface area contributed by atoms with Gasteiger partial charge >= 0.3 is 0 Å². The summed E-state index contributed by atoms with van der Waals surface area (Å²) < 4.78 is 0. The van der Waals surface area contributed by atoms with Crippen molar-refractivity contribution in [3.63, 3.8) is 0 Å². The molecule has 0 aliphatic heterocycles. The van der Waals surface area contributed by atoms with Gasteiger partial charge in [-0.1, -0.05) is 19.8 Å². The first kappa shape index (κ1) is 22.0. The number of nitrogens with one attached hydrogen (secondary N) is 1. The van der Waals surface area contributed by atoms with Crippen molar-refractivity contribution in [1.29, 1.82) is 0 Å². The number of nitrogens with zero attached hydrogens (tertiary/aromatic N) is 1. The highest BCUT2D eigenvalue weighted by atomic mass is 35.5. The minimum Gasteiger partial charge on any atom is -0.375 e. The van der Waals surface area contributed by atoms with Crippen LogP contribution in [-0.2, 0) is 0 Å². The average molecular weight is 362 g/mol. The Labute approximate surface area is 152 Å². The van der Waals surface area contributed by atoms with Crippen LogP contribution >= 0.6 is 24.8 Å². The molecule has 0 bridgehead atoms. The van der Waals surface area contributed by atoms with Crippen LogP contribution < -0.4 is 16.0 Å². The molecule has 4 nitrogen and oxygen atoms in total. The molecule has 0 radical (unpaired) electrons. The van der Waals surface area contributed by atoms with Gasteiger partial charge in [-0.05, 0) is 43.5 Å². The molecule has 1 aromatic rings. The van der Waals surface area contributed by atoms with Crippen LogP contribution in [0.15, 0.2) is 24.3 Å². The van der Waals surface area contributed by atoms with Gasteiger partial charge in [0, 0.05) is 31.4 Å². The van der Waals surface area contributed by atoms with E-state index in [0.29, 0.717) is 12.1 Å². The van der Waals surface area contributed by atoms with Crippen LogP contribution in [0.25, 0.3) is 0 Å². The minimum atomic E-state index is -0.186. The number of nitrogens with two attached hydrogens (primary N) is 1. The molecule has 1 aliphatic carbocycles. The fraction of sp³-hybridized carbons (Fsp3) is 0.588. The molecule has 1 amide bonds. The molecule has 132 valence electrons. The van der Waals surface area contributed by atoms with Crippen molar-refractivity contribution in [3.05, 3.63) is 29.8 Å². The summed E-state index contributed by atoms with van der Waals surface area (Å²) in [5.74, 6) is -0.00737. The summed E-state index contributed by atoms with van der Waals surface area (Å²) in [5.41, 5.74) is 7.54. The Kier molecular flexibility index (Phi) is 9.59. The summed E-state index contributed by atoms with van der Waals surface area (Å²) in [5, 5.41) is 3.15. The monoisotopic (exact) mass is 361 g/mol. The second-order valence-corrected chi connectivity index (χ2v) is 6.11. The first-order chi connectivity index (χ1) is 10.1. The van der Waals surface area contributed by atoms with Crippen LogP contribution in [0.2, 0.25) is 0 Å². The van der Waals surface area contributed by atoms with E-state index in [2.05, 4.69) is 24.2 Å². The number of hydrogen-bond acceptors (Lipinski definition) is 3. The number of carbonyl (C=O) groups is 1. The molecule has 0 unspecified atom stereocenters. The standard InChI is InChI=1S/C17H27N3O.2ClH/c1-3-12-20(2)15-8-6-14(7-9-15)16(21)19-17(13-18)10-4-5-11-17;;/h6-9H,3-5,10-13,18H2,1-2H3,(H,19,21);2*1H. The fourth-order valence-corrected chi connectivity index (χ4v) is 3.08. The highest BCUT2D eigenvalue weighted by molar-refractivity contribution is 5.95. The summed E-state index contributed by atoms with van der Waals surface area (Å²) in [6, 6.07) is 7.81. The smallest absolute Gasteiger partial charge is 0.251 e. The lowest BCUT2D eigenvalue weighted by Crippen LogP contribution is -2.51. The third-order valence-electron chi connectivity index (χ3n) is 4.46. The molecule has 6 heteroatoms. The second kappa shape index (κ2) is 10.0. The first-order valence-corrected chi connectivity index (χ1v) is 7.94. The molecule has 2 rings (SSSR count). The van der Waals surface area contributed by atoms with Gasteiger partial charge in [-0.15, -0.1) is 24.8 Å². The zero-order chi connectivity index (χ0) is 15.3. The van der Waals surface area contributed by atoms with Crippen LogP contribution in [0.3, 0.4) is 0 Å². The van der Waals surface area contributed by atoms with Gasteiger partial charge < -0.3 is 16.0 Å². The zero-order valence-electron chi connectivity index (χ0n) is 14.0. The van der Waals surface area contributed by atoms with E-state index in [1.54, 1.807) is 0 Å². The number of halogens is 2. The van der Waals surface area contributed by atoms with Crippen molar-refractivity contribution >= 4 is 36.4 Å². The molecule has 0 spiro atoms. The fourth-order valence-electron chi connectivity index (χ4n) is 3.08. The maximum atomic E-state index is 12.4. The molecule has 0 saturated heterocycles. The predicted molar refractivity (Wildman–Crippen MR) is 102 cm³/mol. The molecule has 1 fully saturated rings. The number of carbonyl (C=O) groups excluding carboxylic acids is 1. The van der Waals surface area contributed by atoms with Crippen LogP contribution in [-0.4, -0.2) is 31.6 Å². The lowest BCUT2D eigenvalue weighted by molar-refractivity contribution is 0.0903. The molecular formula is C17H29Cl2N3O. The highest BCUT2D eigenvalue weighted by Gasteiger charge is 2.33. The van der Waals surface area contributed by atoms with Crippen molar-refractivity contribution in [2.45, 2.75) is 44.6 Å². The Morgan fingerprint density at radius 2 is 1.78 bits per heavy atom. The Bertz CT molecular complexity index is 473. The molecule has 3 N–H and O–H groups in total. The number of rotatable bonds is 6. The van der Waals surface area contributed by atoms with Crippen molar-refractivity contribution in [2.24, 2.45) is 5.73 Å². The van der Waals surface area contributed by atoms with E-state index >= 15 is 0 Å². The normalized spacial score (nSPS) is 15.3. The van der Waals surface area contributed by atoms with Gasteiger partial charge in [0.15, 0.2) is 0 Å². The van der Waals surface area contributed by atoms with E-state index in [4.69, 9.17) is 5.73 Å². The molecule has 23 heavy (non-hydrogen) atoms. The van der Waals surface area contributed by atoms with Gasteiger partial charge in [0.05, 0.1) is 5.54 Å². The predicted octanol–water partition coefficient (Wildman–Crippen LogP) is 3.38. The molecule has 0 heterocycles. The Morgan fingerprint density at radius 3 is 2.26 bits per heavy atom. The van der Waals surface area contributed by atoms with Gasteiger partial charge in [0.2, 0.25) is 0 Å². The van der Waals surface area contributed by atoms with Crippen molar-refractivity contribution in [1.82, 2.24) is 5.32 Å². The van der Waals surface area contributed by atoms with Gasteiger partial charge in [0.25, 0.3) is 5.91 Å².